The lowest BCUT2D eigenvalue weighted by Crippen LogP contribution is -2.37. The number of nitrogens with one attached hydrogen (secondary N) is 1. The third kappa shape index (κ3) is 4.33. The van der Waals surface area contributed by atoms with Crippen LogP contribution in [0.1, 0.15) is 33.5 Å². The van der Waals surface area contributed by atoms with E-state index in [2.05, 4.69) is 33.8 Å². The zero-order valence-corrected chi connectivity index (χ0v) is 19.2. The standard InChI is InChI=1S/C23H24N6O3S/c1-4-20(30)28-12-14(11-15(28)13-32-3)29-23(25-2)21(22(24)31)17(27-29)9-10-19-26-16-7-5-6-8-18(16)33-19/h4-8,14-15,25H,1,11-13H2,2-3H3,(H2,24,31)/t14-,15+/m0/s1. The summed E-state index contributed by atoms with van der Waals surface area (Å²) in [4.78, 5) is 30.9. The van der Waals surface area contributed by atoms with Crippen molar-refractivity contribution in [3.8, 4) is 11.8 Å². The van der Waals surface area contributed by atoms with Crippen molar-refractivity contribution in [2.45, 2.75) is 18.5 Å². The number of anilines is 1. The molecule has 0 bridgehead atoms. The fourth-order valence-electron chi connectivity index (χ4n) is 4.10. The highest BCUT2D eigenvalue weighted by Gasteiger charge is 2.37. The highest BCUT2D eigenvalue weighted by Crippen LogP contribution is 2.32. The molecule has 1 aromatic carbocycles. The van der Waals surface area contributed by atoms with E-state index in [1.54, 1.807) is 23.7 Å². The van der Waals surface area contributed by atoms with E-state index in [0.29, 0.717) is 30.4 Å². The van der Waals surface area contributed by atoms with Crippen LogP contribution >= 0.6 is 11.3 Å². The molecule has 2 amide bonds. The molecule has 1 aliphatic heterocycles. The predicted molar refractivity (Wildman–Crippen MR) is 127 cm³/mol. The summed E-state index contributed by atoms with van der Waals surface area (Å²) in [7, 11) is 3.29. The Hall–Kier alpha value is -3.68. The molecule has 1 fully saturated rings. The van der Waals surface area contributed by atoms with Crippen LogP contribution in [0.15, 0.2) is 36.9 Å². The third-order valence-electron chi connectivity index (χ3n) is 5.53. The minimum Gasteiger partial charge on any atom is -0.383 e. The fourth-order valence-corrected chi connectivity index (χ4v) is 4.92. The third-order valence-corrected chi connectivity index (χ3v) is 6.48. The van der Waals surface area contributed by atoms with Crippen molar-refractivity contribution in [3.05, 3.63) is 53.2 Å². The van der Waals surface area contributed by atoms with Gasteiger partial charge in [-0.2, -0.15) is 5.10 Å². The van der Waals surface area contributed by atoms with Gasteiger partial charge in [0.25, 0.3) is 5.91 Å². The number of ether oxygens (including phenoxy) is 1. The number of rotatable bonds is 6. The number of carbonyl (C=O) groups excluding carboxylic acids is 2. The number of primary amides is 1. The van der Waals surface area contributed by atoms with Gasteiger partial charge in [0.2, 0.25) is 5.91 Å². The molecule has 9 nitrogen and oxygen atoms in total. The van der Waals surface area contributed by atoms with Gasteiger partial charge in [-0.1, -0.05) is 18.7 Å². The van der Waals surface area contributed by atoms with Gasteiger partial charge in [-0.3, -0.25) is 9.59 Å². The Kier molecular flexibility index (Phi) is 6.44. The first-order valence-electron chi connectivity index (χ1n) is 10.4. The quantitative estimate of drug-likeness (QED) is 0.426. The van der Waals surface area contributed by atoms with Gasteiger partial charge in [0.15, 0.2) is 10.7 Å². The summed E-state index contributed by atoms with van der Waals surface area (Å²) in [5.41, 5.74) is 7.04. The van der Waals surface area contributed by atoms with E-state index in [9.17, 15) is 9.59 Å². The van der Waals surface area contributed by atoms with Crippen LogP contribution in [-0.2, 0) is 9.53 Å². The molecule has 2 atom stereocenters. The highest BCUT2D eigenvalue weighted by atomic mass is 32.1. The Morgan fingerprint density at radius 2 is 2.18 bits per heavy atom. The molecule has 4 rings (SSSR count). The van der Waals surface area contributed by atoms with E-state index in [0.717, 1.165) is 10.2 Å². The Morgan fingerprint density at radius 3 is 2.85 bits per heavy atom. The zero-order chi connectivity index (χ0) is 23.5. The number of thiazole rings is 1. The molecule has 0 unspecified atom stereocenters. The van der Waals surface area contributed by atoms with E-state index < -0.39 is 5.91 Å². The maximum Gasteiger partial charge on any atom is 0.255 e. The second-order valence-electron chi connectivity index (χ2n) is 7.56. The molecule has 0 radical (unpaired) electrons. The van der Waals surface area contributed by atoms with Gasteiger partial charge in [0.05, 0.1) is 28.9 Å². The van der Waals surface area contributed by atoms with Crippen LogP contribution in [0, 0.1) is 11.8 Å². The molecular formula is C23H24N6O3S. The molecule has 10 heteroatoms. The number of para-hydroxylation sites is 1. The van der Waals surface area contributed by atoms with Crippen molar-refractivity contribution >= 4 is 39.2 Å². The molecule has 2 aromatic heterocycles. The van der Waals surface area contributed by atoms with Crippen LogP contribution in [0.25, 0.3) is 10.2 Å². The molecule has 1 saturated heterocycles. The second-order valence-corrected chi connectivity index (χ2v) is 8.59. The van der Waals surface area contributed by atoms with Crippen molar-refractivity contribution in [1.82, 2.24) is 19.7 Å². The van der Waals surface area contributed by atoms with Crippen molar-refractivity contribution in [2.24, 2.45) is 5.73 Å². The fraction of sp³-hybridized carbons (Fsp3) is 0.304. The molecule has 0 spiro atoms. The van der Waals surface area contributed by atoms with Crippen LogP contribution in [0.3, 0.4) is 0 Å². The van der Waals surface area contributed by atoms with Crippen LogP contribution in [0.2, 0.25) is 0 Å². The molecule has 0 saturated carbocycles. The largest absolute Gasteiger partial charge is 0.383 e. The Bertz CT molecular complexity index is 1250. The lowest BCUT2D eigenvalue weighted by atomic mass is 10.1. The van der Waals surface area contributed by atoms with Gasteiger partial charge in [-0.05, 0) is 36.5 Å². The van der Waals surface area contributed by atoms with Gasteiger partial charge in [-0.15, -0.1) is 11.3 Å². The number of methoxy groups -OCH3 is 1. The smallest absolute Gasteiger partial charge is 0.255 e. The average Bonchev–Trinajstić information content (AvgIpc) is 3.51. The molecule has 3 heterocycles. The summed E-state index contributed by atoms with van der Waals surface area (Å²) in [5, 5.41) is 8.27. The van der Waals surface area contributed by atoms with E-state index >= 15 is 0 Å². The number of amides is 2. The van der Waals surface area contributed by atoms with Gasteiger partial charge >= 0.3 is 0 Å². The number of hydrogen-bond donors (Lipinski definition) is 2. The first-order valence-corrected chi connectivity index (χ1v) is 11.2. The highest BCUT2D eigenvalue weighted by molar-refractivity contribution is 7.19. The van der Waals surface area contributed by atoms with Crippen LogP contribution in [0.4, 0.5) is 5.82 Å². The molecule has 3 aromatic rings. The topological polar surface area (TPSA) is 115 Å². The number of hydrogen-bond acceptors (Lipinski definition) is 7. The maximum atomic E-state index is 12.3. The minimum atomic E-state index is -0.635. The maximum absolute atomic E-state index is 12.3. The van der Waals surface area contributed by atoms with Crippen LogP contribution in [0.5, 0.6) is 0 Å². The minimum absolute atomic E-state index is 0.131. The first kappa shape index (κ1) is 22.5. The van der Waals surface area contributed by atoms with Gasteiger partial charge in [0.1, 0.15) is 11.4 Å². The molecule has 33 heavy (non-hydrogen) atoms. The lowest BCUT2D eigenvalue weighted by molar-refractivity contribution is -0.127. The van der Waals surface area contributed by atoms with E-state index in [1.165, 1.54) is 17.4 Å². The van der Waals surface area contributed by atoms with Crippen molar-refractivity contribution < 1.29 is 14.3 Å². The Labute approximate surface area is 195 Å². The van der Waals surface area contributed by atoms with Gasteiger partial charge < -0.3 is 20.7 Å². The number of nitrogens with two attached hydrogens (primary N) is 1. The number of benzene rings is 1. The number of aromatic nitrogens is 3. The summed E-state index contributed by atoms with van der Waals surface area (Å²) < 4.78 is 8.02. The van der Waals surface area contributed by atoms with E-state index in [4.69, 9.17) is 10.5 Å². The Balaban J connectivity index is 1.72. The molecule has 0 aliphatic carbocycles. The van der Waals surface area contributed by atoms with Crippen molar-refractivity contribution in [3.63, 3.8) is 0 Å². The number of fused-ring (bicyclic) bond motifs is 1. The molecule has 170 valence electrons. The van der Waals surface area contributed by atoms with Crippen LogP contribution in [-0.4, -0.2) is 64.8 Å². The van der Waals surface area contributed by atoms with E-state index in [-0.39, 0.29) is 29.2 Å². The molecular weight excluding hydrogens is 440 g/mol. The van der Waals surface area contributed by atoms with E-state index in [1.807, 2.05) is 24.3 Å². The predicted octanol–water partition coefficient (Wildman–Crippen LogP) is 2.01. The van der Waals surface area contributed by atoms with Gasteiger partial charge in [-0.25, -0.2) is 9.67 Å². The SMILES string of the molecule is C=CC(=O)N1C[C@@H](n2nc(C#Cc3nc4ccccc4s3)c(C(N)=O)c2NC)C[C@@H]1COC. The normalized spacial score (nSPS) is 17.6. The Morgan fingerprint density at radius 1 is 1.39 bits per heavy atom. The second kappa shape index (κ2) is 9.44. The summed E-state index contributed by atoms with van der Waals surface area (Å²) in [6, 6.07) is 7.45. The first-order chi connectivity index (χ1) is 16.0. The summed E-state index contributed by atoms with van der Waals surface area (Å²) in [6.45, 7) is 4.38. The number of carbonyl (C=O) groups is 2. The molecule has 1 aliphatic rings. The summed E-state index contributed by atoms with van der Waals surface area (Å²) in [6.07, 6.45) is 1.89. The monoisotopic (exact) mass is 464 g/mol. The van der Waals surface area contributed by atoms with Crippen LogP contribution < -0.4 is 11.1 Å². The number of nitrogens with zero attached hydrogens (tertiary/aromatic N) is 4. The van der Waals surface area contributed by atoms with Crippen molar-refractivity contribution in [1.29, 1.82) is 0 Å². The number of likely N-dealkylation sites (tertiary alicyclic amines) is 1. The van der Waals surface area contributed by atoms with Crippen molar-refractivity contribution in [2.75, 3.05) is 32.6 Å². The lowest BCUT2D eigenvalue weighted by Gasteiger charge is -2.22. The zero-order valence-electron chi connectivity index (χ0n) is 18.4. The van der Waals surface area contributed by atoms with Gasteiger partial charge in [0, 0.05) is 20.7 Å². The summed E-state index contributed by atoms with van der Waals surface area (Å²) >= 11 is 1.47. The molecule has 3 N–H and O–H groups in total. The average molecular weight is 465 g/mol. The summed E-state index contributed by atoms with van der Waals surface area (Å²) in [5.74, 6) is 5.64.